The van der Waals surface area contributed by atoms with Crippen LogP contribution in [0.3, 0.4) is 0 Å². The van der Waals surface area contributed by atoms with E-state index in [4.69, 9.17) is 0 Å². The molecular weight excluding hydrogens is 144 g/mol. The molecule has 0 bridgehead atoms. The molecule has 0 rings (SSSR count). The van der Waals surface area contributed by atoms with Crippen LogP contribution in [0.4, 0.5) is 0 Å². The Bertz CT molecular complexity index is 11.6. The molecule has 0 saturated heterocycles. The maximum Gasteiger partial charge on any atom is 1.00 e. The molecule has 0 N–H and O–H groups in total. The second-order valence-electron chi connectivity index (χ2n) is 0. The Morgan fingerprint density at radius 2 is 1.25 bits per heavy atom. The fraction of sp³-hybridized carbons (Fsp3) is 0. The monoisotopic (exact) mass is 148 g/mol. The minimum atomic E-state index is 0. The van der Waals surface area contributed by atoms with Gasteiger partial charge < -0.3 is 1.43 Å². The summed E-state index contributed by atoms with van der Waals surface area (Å²) in [5.74, 6) is 0. The summed E-state index contributed by atoms with van der Waals surface area (Å²) in [6.07, 6.45) is 0. The summed E-state index contributed by atoms with van der Waals surface area (Å²) in [5.41, 5.74) is 0. The van der Waals surface area contributed by atoms with Crippen molar-refractivity contribution in [2.45, 2.75) is 0 Å². The molecular formula is H4BCuKP. The minimum absolute atomic E-state index is 0. The third-order valence-corrected chi connectivity index (χ3v) is 0. The van der Waals surface area contributed by atoms with Crippen molar-refractivity contribution in [1.82, 2.24) is 0 Å². The van der Waals surface area contributed by atoms with Crippen molar-refractivity contribution in [3.63, 3.8) is 0 Å². The Morgan fingerprint density at radius 1 is 1.25 bits per heavy atom. The van der Waals surface area contributed by atoms with E-state index in [2.05, 4.69) is 0 Å². The van der Waals surface area contributed by atoms with Crippen molar-refractivity contribution in [1.29, 1.82) is 0 Å². The van der Waals surface area contributed by atoms with E-state index in [1.165, 1.54) is 0 Å². The van der Waals surface area contributed by atoms with Gasteiger partial charge in [-0.25, -0.2) is 0 Å². The Balaban J connectivity index is 0. The van der Waals surface area contributed by atoms with E-state index in [9.17, 15) is 0 Å². The van der Waals surface area contributed by atoms with Gasteiger partial charge in [0.2, 0.25) is 0 Å². The van der Waals surface area contributed by atoms with Crippen molar-refractivity contribution >= 4 is 18.3 Å². The van der Waals surface area contributed by atoms with Gasteiger partial charge in [0.15, 0.2) is 0 Å². The van der Waals surface area contributed by atoms with Crippen molar-refractivity contribution in [3.8, 4) is 0 Å². The molecule has 0 aliphatic carbocycles. The van der Waals surface area contributed by atoms with Gasteiger partial charge in [-0.15, -0.1) is 0 Å². The van der Waals surface area contributed by atoms with Crippen LogP contribution in [0.25, 0.3) is 0 Å². The Hall–Kier alpha value is 2.65. The number of hydrogen-bond donors (Lipinski definition) is 0. The van der Waals surface area contributed by atoms with E-state index in [-0.39, 0.29) is 88.2 Å². The zero-order valence-corrected chi connectivity index (χ0v) is 8.06. The summed E-state index contributed by atoms with van der Waals surface area (Å²) < 4.78 is 0. The standard InChI is InChI=1S/B.Cu.K.H3P.H/h;;;1H3;/q;;+1;;-1. The molecule has 0 spiro atoms. The van der Waals surface area contributed by atoms with Gasteiger partial charge in [-0.2, -0.15) is 9.90 Å². The zero-order valence-electron chi connectivity index (χ0n) is 3.59. The van der Waals surface area contributed by atoms with Gasteiger partial charge in [-0.3, -0.25) is 0 Å². The van der Waals surface area contributed by atoms with Gasteiger partial charge in [0.1, 0.15) is 0 Å². The molecule has 0 amide bonds. The predicted molar refractivity (Wildman–Crippen MR) is 18.0 cm³/mol. The average molecular weight is 148 g/mol. The summed E-state index contributed by atoms with van der Waals surface area (Å²) in [7, 11) is 0. The van der Waals surface area contributed by atoms with Crippen molar-refractivity contribution < 1.29 is 69.9 Å². The zero-order chi connectivity index (χ0) is 0. The molecule has 4 heteroatoms. The molecule has 4 radical (unpaired) electrons. The summed E-state index contributed by atoms with van der Waals surface area (Å²) >= 11 is 0. The summed E-state index contributed by atoms with van der Waals surface area (Å²) in [6, 6.07) is 0. The smallest absolute Gasteiger partial charge is 1.00 e. The van der Waals surface area contributed by atoms with Gasteiger partial charge in [0, 0.05) is 25.5 Å². The van der Waals surface area contributed by atoms with Crippen LogP contribution < -0.4 is 51.4 Å². The van der Waals surface area contributed by atoms with Gasteiger partial charge in [0.25, 0.3) is 0 Å². The molecule has 0 aliphatic rings. The quantitative estimate of drug-likeness (QED) is 0.251. The van der Waals surface area contributed by atoms with Crippen LogP contribution in [-0.4, -0.2) is 8.41 Å². The Labute approximate surface area is 86.4 Å². The molecule has 0 aromatic rings. The second-order valence-corrected chi connectivity index (χ2v) is 0. The average Bonchev–Trinajstić information content (AvgIpc) is 0. The summed E-state index contributed by atoms with van der Waals surface area (Å²) in [5, 5.41) is 0. The van der Waals surface area contributed by atoms with E-state index in [0.717, 1.165) is 0 Å². The Kier molecular flexibility index (Phi) is 131. The van der Waals surface area contributed by atoms with Crippen molar-refractivity contribution in [2.24, 2.45) is 0 Å². The number of rotatable bonds is 0. The van der Waals surface area contributed by atoms with Gasteiger partial charge >= 0.3 is 51.4 Å². The van der Waals surface area contributed by atoms with Crippen LogP contribution in [0.2, 0.25) is 0 Å². The maximum absolute atomic E-state index is 0. The fourth-order valence-corrected chi connectivity index (χ4v) is 0. The largest absolute Gasteiger partial charge is 1.00 e. The molecule has 0 aromatic heterocycles. The molecule has 0 aromatic carbocycles. The van der Waals surface area contributed by atoms with E-state index in [1.807, 2.05) is 0 Å². The van der Waals surface area contributed by atoms with Gasteiger partial charge in [-0.05, 0) is 0 Å². The van der Waals surface area contributed by atoms with Gasteiger partial charge in [0.05, 0.1) is 0 Å². The third kappa shape index (κ3) is 8.82. The first-order chi connectivity index (χ1) is 0. The first-order valence-corrected chi connectivity index (χ1v) is 0. The van der Waals surface area contributed by atoms with Crippen LogP contribution >= 0.6 is 9.90 Å². The molecule has 4 heavy (non-hydrogen) atoms. The third-order valence-electron chi connectivity index (χ3n) is 0. The molecule has 0 saturated carbocycles. The maximum atomic E-state index is 0. The second kappa shape index (κ2) is 17.4. The fourth-order valence-electron chi connectivity index (χ4n) is 0. The van der Waals surface area contributed by atoms with Crippen LogP contribution in [0, 0.1) is 0 Å². The topological polar surface area (TPSA) is 0 Å². The first-order valence-electron chi connectivity index (χ1n) is 0. The molecule has 0 fully saturated rings. The SMILES string of the molecule is P.[B].[Cu].[H-].[K+]. The molecule has 1 unspecified atom stereocenters. The van der Waals surface area contributed by atoms with Gasteiger partial charge in [-0.1, -0.05) is 0 Å². The molecule has 24 valence electrons. The normalized spacial score (nSPS) is 0. The Morgan fingerprint density at radius 3 is 1.25 bits per heavy atom. The van der Waals surface area contributed by atoms with E-state index in [0.29, 0.717) is 0 Å². The molecule has 0 heterocycles. The molecule has 1 atom stereocenters. The van der Waals surface area contributed by atoms with E-state index in [1.54, 1.807) is 0 Å². The van der Waals surface area contributed by atoms with Crippen LogP contribution in [0.1, 0.15) is 1.43 Å². The predicted octanol–water partition coefficient (Wildman–Crippen LogP) is -3.21. The first kappa shape index (κ1) is 30.2. The minimum Gasteiger partial charge on any atom is -1.00 e. The molecule has 0 nitrogen and oxygen atoms in total. The number of hydrogen-bond acceptors (Lipinski definition) is 0. The molecule has 0 aliphatic heterocycles. The van der Waals surface area contributed by atoms with Crippen LogP contribution in [-0.2, 0) is 17.1 Å². The van der Waals surface area contributed by atoms with Crippen LogP contribution in [0.5, 0.6) is 0 Å². The van der Waals surface area contributed by atoms with E-state index < -0.39 is 0 Å². The van der Waals surface area contributed by atoms with Crippen molar-refractivity contribution in [3.05, 3.63) is 0 Å². The summed E-state index contributed by atoms with van der Waals surface area (Å²) in [4.78, 5) is 0. The van der Waals surface area contributed by atoms with E-state index >= 15 is 0 Å². The van der Waals surface area contributed by atoms with Crippen LogP contribution in [0.15, 0.2) is 0 Å². The van der Waals surface area contributed by atoms with Crippen molar-refractivity contribution in [2.75, 3.05) is 0 Å². The summed E-state index contributed by atoms with van der Waals surface area (Å²) in [6.45, 7) is 0.